The van der Waals surface area contributed by atoms with E-state index < -0.39 is 10.8 Å². The first-order valence-electron chi connectivity index (χ1n) is 11.9. The van der Waals surface area contributed by atoms with Crippen molar-refractivity contribution < 1.29 is 8.60 Å². The molecule has 188 valence electrons. The summed E-state index contributed by atoms with van der Waals surface area (Å²) in [6.07, 6.45) is 5.40. The van der Waals surface area contributed by atoms with Crippen LogP contribution in [0.5, 0.6) is 0 Å². The van der Waals surface area contributed by atoms with Crippen molar-refractivity contribution in [3.8, 4) is 0 Å². The molecular formula is C27H36FN5OS. The maximum Gasteiger partial charge on any atom is 0.209 e. The molecule has 1 aliphatic rings. The Morgan fingerprint density at radius 1 is 1.23 bits per heavy atom. The summed E-state index contributed by atoms with van der Waals surface area (Å²) in [4.78, 5) is 12.2. The van der Waals surface area contributed by atoms with Gasteiger partial charge in [0, 0.05) is 33.7 Å². The molecule has 0 aromatic heterocycles. The van der Waals surface area contributed by atoms with Crippen molar-refractivity contribution in [3.05, 3.63) is 78.5 Å². The van der Waals surface area contributed by atoms with E-state index in [-0.39, 0.29) is 11.9 Å². The topological polar surface area (TPSA) is 69.1 Å². The van der Waals surface area contributed by atoms with Crippen LogP contribution in [0.1, 0.15) is 47.5 Å². The van der Waals surface area contributed by atoms with Gasteiger partial charge in [0.25, 0.3) is 0 Å². The van der Waals surface area contributed by atoms with Gasteiger partial charge in [-0.05, 0) is 56.7 Å². The number of para-hydroxylation sites is 1. The highest BCUT2D eigenvalue weighted by molar-refractivity contribution is 7.84. The zero-order chi connectivity index (χ0) is 26.0. The second kappa shape index (κ2) is 13.6. The average Bonchev–Trinajstić information content (AvgIpc) is 3.19. The third kappa shape index (κ3) is 7.36. The molecule has 1 heterocycles. The van der Waals surface area contributed by atoms with E-state index in [0.29, 0.717) is 29.0 Å². The van der Waals surface area contributed by atoms with Crippen LogP contribution in [0.25, 0.3) is 0 Å². The first-order valence-corrected chi connectivity index (χ1v) is 13.4. The molecule has 8 heteroatoms. The summed E-state index contributed by atoms with van der Waals surface area (Å²) >= 11 is 0. The monoisotopic (exact) mass is 497 g/mol. The Bertz CT molecular complexity index is 1120. The quantitative estimate of drug-likeness (QED) is 0.423. The molecule has 2 unspecified atom stereocenters. The standard InChI is InChI=1S/C25H30FN5OS.C2H6/c1-6-10-17(3)31-24(28-18(4)27-19-13-15-20(16-14-19)33(5)32)22(7-2)29-25(31)30-23-12-9-8-11-21(23)26;1-2/h7-9,11-17,27H,4,6,10H2,1-3,5H3,(H,29,30);1-2H3/b22-7+,28-24+;. The zero-order valence-corrected chi connectivity index (χ0v) is 22.2. The molecule has 2 atom stereocenters. The Morgan fingerprint density at radius 3 is 2.46 bits per heavy atom. The summed E-state index contributed by atoms with van der Waals surface area (Å²) in [5.41, 5.74) is 1.82. The fourth-order valence-electron chi connectivity index (χ4n) is 3.53. The minimum atomic E-state index is -1.04. The fourth-order valence-corrected chi connectivity index (χ4v) is 4.05. The number of amidine groups is 1. The largest absolute Gasteiger partial charge is 0.341 e. The SMILES string of the molecule is C=C(/N=C1\C(=C/C)N=C(Nc2ccccc2F)N1C(C)CCC)Nc1ccc(S(C)=O)cc1.CC. The van der Waals surface area contributed by atoms with E-state index in [1.807, 2.05) is 43.9 Å². The summed E-state index contributed by atoms with van der Waals surface area (Å²) < 4.78 is 25.9. The first-order chi connectivity index (χ1) is 16.8. The molecule has 1 aliphatic heterocycles. The molecular weight excluding hydrogens is 461 g/mol. The van der Waals surface area contributed by atoms with Crippen molar-refractivity contribution in [2.24, 2.45) is 9.98 Å². The molecule has 0 radical (unpaired) electrons. The van der Waals surface area contributed by atoms with Crippen molar-refractivity contribution in [2.45, 2.75) is 58.4 Å². The number of nitrogens with one attached hydrogen (secondary N) is 2. The molecule has 0 saturated carbocycles. The van der Waals surface area contributed by atoms with Gasteiger partial charge in [0.1, 0.15) is 17.3 Å². The molecule has 2 aromatic rings. The molecule has 35 heavy (non-hydrogen) atoms. The number of nitrogens with zero attached hydrogens (tertiary/aromatic N) is 3. The van der Waals surface area contributed by atoms with Crippen molar-refractivity contribution in [1.82, 2.24) is 4.90 Å². The summed E-state index contributed by atoms with van der Waals surface area (Å²) in [5.74, 6) is 1.25. The van der Waals surface area contributed by atoms with Gasteiger partial charge >= 0.3 is 0 Å². The first kappa shape index (κ1) is 28.0. The van der Waals surface area contributed by atoms with E-state index in [4.69, 9.17) is 9.98 Å². The predicted octanol–water partition coefficient (Wildman–Crippen LogP) is 6.75. The van der Waals surface area contributed by atoms with Crippen LogP contribution in [-0.4, -0.2) is 33.2 Å². The van der Waals surface area contributed by atoms with Gasteiger partial charge in [0.15, 0.2) is 5.84 Å². The summed E-state index contributed by atoms with van der Waals surface area (Å²) in [5, 5.41) is 6.31. The van der Waals surface area contributed by atoms with Gasteiger partial charge < -0.3 is 10.6 Å². The Labute approximate surface area is 211 Å². The number of guanidine groups is 1. The van der Waals surface area contributed by atoms with E-state index in [1.54, 1.807) is 36.6 Å². The van der Waals surface area contributed by atoms with E-state index >= 15 is 0 Å². The molecule has 0 amide bonds. The van der Waals surface area contributed by atoms with Crippen molar-refractivity contribution in [3.63, 3.8) is 0 Å². The lowest BCUT2D eigenvalue weighted by Crippen LogP contribution is -2.43. The number of benzene rings is 2. The lowest BCUT2D eigenvalue weighted by molar-refractivity contribution is 0.438. The third-order valence-electron chi connectivity index (χ3n) is 5.17. The van der Waals surface area contributed by atoms with Gasteiger partial charge in [-0.2, -0.15) is 0 Å². The van der Waals surface area contributed by atoms with Crippen LogP contribution in [-0.2, 0) is 10.8 Å². The summed E-state index contributed by atoms with van der Waals surface area (Å²) in [6, 6.07) is 13.9. The molecule has 2 aromatic carbocycles. The minimum absolute atomic E-state index is 0.0795. The van der Waals surface area contributed by atoms with E-state index in [0.717, 1.165) is 23.4 Å². The van der Waals surface area contributed by atoms with Crippen LogP contribution < -0.4 is 10.6 Å². The highest BCUT2D eigenvalue weighted by atomic mass is 32.2. The number of aliphatic imine (C=N–C) groups is 2. The number of halogens is 1. The van der Waals surface area contributed by atoms with Gasteiger partial charge in [0.05, 0.1) is 5.69 Å². The molecule has 2 N–H and O–H groups in total. The number of hydrogen-bond acceptors (Lipinski definition) is 5. The lowest BCUT2D eigenvalue weighted by atomic mass is 10.1. The highest BCUT2D eigenvalue weighted by Gasteiger charge is 2.32. The van der Waals surface area contributed by atoms with Crippen LogP contribution in [0.2, 0.25) is 0 Å². The Hall–Kier alpha value is -3.26. The Kier molecular flexibility index (Phi) is 10.9. The Balaban J connectivity index is 0.00000210. The van der Waals surface area contributed by atoms with Crippen LogP contribution in [0.15, 0.2) is 87.6 Å². The normalized spacial score (nSPS) is 16.9. The lowest BCUT2D eigenvalue weighted by Gasteiger charge is -2.28. The predicted molar refractivity (Wildman–Crippen MR) is 148 cm³/mol. The van der Waals surface area contributed by atoms with Gasteiger partial charge in [0.2, 0.25) is 5.96 Å². The van der Waals surface area contributed by atoms with Crippen LogP contribution >= 0.6 is 0 Å². The average molecular weight is 498 g/mol. The van der Waals surface area contributed by atoms with Crippen LogP contribution in [0.4, 0.5) is 15.8 Å². The maximum absolute atomic E-state index is 14.3. The van der Waals surface area contributed by atoms with Crippen LogP contribution in [0, 0.1) is 5.82 Å². The van der Waals surface area contributed by atoms with Crippen molar-refractivity contribution in [1.29, 1.82) is 0 Å². The van der Waals surface area contributed by atoms with Gasteiger partial charge in [-0.25, -0.2) is 14.4 Å². The number of hydrogen-bond donors (Lipinski definition) is 2. The van der Waals surface area contributed by atoms with Gasteiger partial charge in [-0.3, -0.25) is 9.11 Å². The second-order valence-electron chi connectivity index (χ2n) is 7.71. The van der Waals surface area contributed by atoms with Gasteiger partial charge in [-0.15, -0.1) is 0 Å². The second-order valence-corrected chi connectivity index (χ2v) is 9.09. The minimum Gasteiger partial charge on any atom is -0.341 e. The van der Waals surface area contributed by atoms with E-state index in [9.17, 15) is 8.60 Å². The highest BCUT2D eigenvalue weighted by Crippen LogP contribution is 2.25. The third-order valence-corrected chi connectivity index (χ3v) is 6.10. The number of anilines is 2. The molecule has 0 fully saturated rings. The zero-order valence-electron chi connectivity index (χ0n) is 21.4. The smallest absolute Gasteiger partial charge is 0.209 e. The van der Waals surface area contributed by atoms with E-state index in [1.165, 1.54) is 6.07 Å². The number of rotatable bonds is 8. The molecule has 3 rings (SSSR count). The van der Waals surface area contributed by atoms with Crippen molar-refractivity contribution >= 4 is 34.0 Å². The molecule has 0 bridgehead atoms. The van der Waals surface area contributed by atoms with Crippen LogP contribution in [0.3, 0.4) is 0 Å². The Morgan fingerprint density at radius 2 is 1.89 bits per heavy atom. The molecule has 0 spiro atoms. The fraction of sp³-hybridized carbons (Fsp3) is 0.333. The van der Waals surface area contributed by atoms with E-state index in [2.05, 4.69) is 31.1 Å². The number of allylic oxidation sites excluding steroid dienone is 1. The van der Waals surface area contributed by atoms with Gasteiger partial charge in [-0.1, -0.05) is 52.0 Å². The molecule has 0 aliphatic carbocycles. The summed E-state index contributed by atoms with van der Waals surface area (Å²) in [7, 11) is -1.04. The molecule has 6 nitrogen and oxygen atoms in total. The molecule has 0 saturated heterocycles. The van der Waals surface area contributed by atoms with Crippen molar-refractivity contribution in [2.75, 3.05) is 16.9 Å². The summed E-state index contributed by atoms with van der Waals surface area (Å²) in [6.45, 7) is 14.2. The maximum atomic E-state index is 14.3.